The molecule has 2 N–H and O–H groups in total. The summed E-state index contributed by atoms with van der Waals surface area (Å²) in [4.78, 5) is 11.7. The summed E-state index contributed by atoms with van der Waals surface area (Å²) >= 11 is 0. The number of esters is 1. The van der Waals surface area contributed by atoms with Crippen LogP contribution in [0.25, 0.3) is 0 Å². The molecule has 1 aliphatic carbocycles. The summed E-state index contributed by atoms with van der Waals surface area (Å²) in [6.45, 7) is 7.91. The maximum absolute atomic E-state index is 11.7. The van der Waals surface area contributed by atoms with Crippen LogP contribution in [0.3, 0.4) is 0 Å². The van der Waals surface area contributed by atoms with Gasteiger partial charge in [-0.15, -0.1) is 0 Å². The third kappa shape index (κ3) is 1.91. The summed E-state index contributed by atoms with van der Waals surface area (Å²) in [5.41, 5.74) is 0.0111. The van der Waals surface area contributed by atoms with Crippen LogP contribution in [0.1, 0.15) is 33.1 Å². The van der Waals surface area contributed by atoms with E-state index in [1.807, 2.05) is 6.92 Å². The molecule has 0 aromatic carbocycles. The number of aliphatic hydroxyl groups excluding tert-OH is 2. The first kappa shape index (κ1) is 14.0. The van der Waals surface area contributed by atoms with Crippen LogP contribution >= 0.6 is 0 Å². The van der Waals surface area contributed by atoms with Crippen LogP contribution in [0.15, 0.2) is 12.2 Å². The monoisotopic (exact) mass is 282 g/mol. The molecule has 3 rings (SSSR count). The van der Waals surface area contributed by atoms with Gasteiger partial charge in [-0.2, -0.15) is 0 Å². The first-order chi connectivity index (χ1) is 9.33. The molecule has 0 aromatic heterocycles. The predicted molar refractivity (Wildman–Crippen MR) is 70.2 cm³/mol. The molecule has 0 aromatic rings. The summed E-state index contributed by atoms with van der Waals surface area (Å²) in [5, 5.41) is 20.1. The van der Waals surface area contributed by atoms with Crippen LogP contribution in [0, 0.1) is 23.2 Å². The Kier molecular flexibility index (Phi) is 3.19. The average Bonchev–Trinajstić information content (AvgIpc) is 2.55. The number of aliphatic hydroxyl groups is 2. The van der Waals surface area contributed by atoms with E-state index in [1.54, 1.807) is 0 Å². The van der Waals surface area contributed by atoms with Crippen LogP contribution in [0.5, 0.6) is 0 Å². The van der Waals surface area contributed by atoms with Crippen molar-refractivity contribution in [3.8, 4) is 0 Å². The van der Waals surface area contributed by atoms with E-state index >= 15 is 0 Å². The van der Waals surface area contributed by atoms with E-state index in [4.69, 9.17) is 9.47 Å². The fourth-order valence-electron chi connectivity index (χ4n) is 4.31. The van der Waals surface area contributed by atoms with Crippen molar-refractivity contribution < 1.29 is 24.5 Å². The molecule has 5 heteroatoms. The summed E-state index contributed by atoms with van der Waals surface area (Å²) in [6, 6.07) is 0. The maximum Gasteiger partial charge on any atom is 0.334 e. The summed E-state index contributed by atoms with van der Waals surface area (Å²) in [5.74, 6) is -0.00537. The summed E-state index contributed by atoms with van der Waals surface area (Å²) < 4.78 is 10.6. The average molecular weight is 282 g/mol. The Hall–Kier alpha value is -0.910. The summed E-state index contributed by atoms with van der Waals surface area (Å²) in [6.07, 6.45) is -0.249. The topological polar surface area (TPSA) is 76.0 Å². The fraction of sp³-hybridized carbons (Fsp3) is 0.800. The number of hydrogen-bond donors (Lipinski definition) is 2. The molecule has 0 bridgehead atoms. The molecule has 3 fully saturated rings. The third-order valence-corrected chi connectivity index (χ3v) is 5.52. The molecular formula is C15H22O5. The molecule has 112 valence electrons. The number of fused-ring (bicyclic) bond motifs is 2. The Balaban J connectivity index is 1.96. The quantitative estimate of drug-likeness (QED) is 0.515. The molecule has 5 nitrogen and oxygen atoms in total. The molecule has 2 aliphatic heterocycles. The molecule has 0 spiro atoms. The van der Waals surface area contributed by atoms with Crippen LogP contribution in [-0.2, 0) is 14.3 Å². The fourth-order valence-corrected chi connectivity index (χ4v) is 4.31. The van der Waals surface area contributed by atoms with Gasteiger partial charge < -0.3 is 19.7 Å². The molecule has 2 heterocycles. The van der Waals surface area contributed by atoms with Gasteiger partial charge in [0.05, 0.1) is 0 Å². The molecule has 3 aliphatic rings. The minimum absolute atomic E-state index is 0.0616. The zero-order valence-electron chi connectivity index (χ0n) is 11.9. The number of rotatable bonds is 0. The number of ether oxygens (including phenoxy) is 2. The lowest BCUT2D eigenvalue weighted by atomic mass is 9.65. The van der Waals surface area contributed by atoms with Crippen LogP contribution < -0.4 is 0 Å². The highest BCUT2D eigenvalue weighted by molar-refractivity contribution is 5.90. The van der Waals surface area contributed by atoms with Crippen molar-refractivity contribution in [3.05, 3.63) is 12.2 Å². The first-order valence-electron chi connectivity index (χ1n) is 7.24. The van der Waals surface area contributed by atoms with Gasteiger partial charge in [-0.05, 0) is 24.7 Å². The van der Waals surface area contributed by atoms with E-state index in [0.717, 1.165) is 6.42 Å². The smallest absolute Gasteiger partial charge is 0.334 e. The van der Waals surface area contributed by atoms with E-state index in [2.05, 4.69) is 13.5 Å². The van der Waals surface area contributed by atoms with Gasteiger partial charge >= 0.3 is 5.97 Å². The van der Waals surface area contributed by atoms with Crippen molar-refractivity contribution in [1.82, 2.24) is 0 Å². The lowest BCUT2D eigenvalue weighted by Gasteiger charge is -2.48. The third-order valence-electron chi connectivity index (χ3n) is 5.52. The van der Waals surface area contributed by atoms with Crippen molar-refractivity contribution in [2.45, 2.75) is 51.8 Å². The Labute approximate surface area is 118 Å². The highest BCUT2D eigenvalue weighted by Crippen LogP contribution is 2.54. The van der Waals surface area contributed by atoms with Gasteiger partial charge in [-0.1, -0.05) is 20.4 Å². The SMILES string of the molecule is C=C1C(=O)O[C@H]2CC(C)C3C[C@@H](O)OC(O)[C@]3(C)C[C@@H]12. The van der Waals surface area contributed by atoms with E-state index in [9.17, 15) is 15.0 Å². The largest absolute Gasteiger partial charge is 0.458 e. The predicted octanol–water partition coefficient (Wildman–Crippen LogP) is 1.19. The molecule has 1 saturated carbocycles. The van der Waals surface area contributed by atoms with Crippen LogP contribution in [-0.4, -0.2) is 34.9 Å². The van der Waals surface area contributed by atoms with Crippen LogP contribution in [0.4, 0.5) is 0 Å². The van der Waals surface area contributed by atoms with Gasteiger partial charge in [0.25, 0.3) is 0 Å². The second-order valence-electron chi connectivity index (χ2n) is 6.78. The molecule has 7 atom stereocenters. The Bertz CT molecular complexity index is 448. The normalized spacial score (nSPS) is 52.0. The van der Waals surface area contributed by atoms with Crippen molar-refractivity contribution >= 4 is 5.97 Å². The van der Waals surface area contributed by atoms with E-state index in [0.29, 0.717) is 18.4 Å². The molecular weight excluding hydrogens is 260 g/mol. The van der Waals surface area contributed by atoms with Gasteiger partial charge in [-0.3, -0.25) is 0 Å². The van der Waals surface area contributed by atoms with E-state index < -0.39 is 18.0 Å². The maximum atomic E-state index is 11.7. The highest BCUT2D eigenvalue weighted by atomic mass is 16.7. The van der Waals surface area contributed by atoms with Crippen LogP contribution in [0.2, 0.25) is 0 Å². The number of carbonyl (C=O) groups is 1. The van der Waals surface area contributed by atoms with Gasteiger partial charge in [0.15, 0.2) is 12.6 Å². The number of hydrogen-bond acceptors (Lipinski definition) is 5. The standard InChI is InChI=1S/C15H22O5/c1-7-4-11-9(8(2)13(17)19-11)6-15(3)10(7)5-12(16)20-14(15)18/h7,9-12,14,16,18H,2,4-6H2,1,3H3/t7?,9-,10?,11-,12-,14?,15+/m0/s1. The second-order valence-corrected chi connectivity index (χ2v) is 6.78. The highest BCUT2D eigenvalue weighted by Gasteiger charge is 2.56. The first-order valence-corrected chi connectivity index (χ1v) is 7.24. The van der Waals surface area contributed by atoms with Crippen molar-refractivity contribution in [2.75, 3.05) is 0 Å². The van der Waals surface area contributed by atoms with E-state index in [1.165, 1.54) is 0 Å². The lowest BCUT2D eigenvalue weighted by Crippen LogP contribution is -2.51. The van der Waals surface area contributed by atoms with Crippen molar-refractivity contribution in [1.29, 1.82) is 0 Å². The lowest BCUT2D eigenvalue weighted by molar-refractivity contribution is -0.304. The number of carbonyl (C=O) groups excluding carboxylic acids is 1. The van der Waals surface area contributed by atoms with Gasteiger partial charge in [0.1, 0.15) is 6.10 Å². The van der Waals surface area contributed by atoms with Crippen molar-refractivity contribution in [2.24, 2.45) is 23.2 Å². The summed E-state index contributed by atoms with van der Waals surface area (Å²) in [7, 11) is 0. The molecule has 20 heavy (non-hydrogen) atoms. The minimum Gasteiger partial charge on any atom is -0.458 e. The van der Waals surface area contributed by atoms with E-state index in [-0.39, 0.29) is 29.8 Å². The Morgan fingerprint density at radius 1 is 1.35 bits per heavy atom. The Morgan fingerprint density at radius 3 is 2.75 bits per heavy atom. The molecule has 3 unspecified atom stereocenters. The minimum atomic E-state index is -1.03. The second kappa shape index (κ2) is 4.55. The van der Waals surface area contributed by atoms with Gasteiger partial charge in [0.2, 0.25) is 0 Å². The zero-order valence-corrected chi connectivity index (χ0v) is 11.9. The van der Waals surface area contributed by atoms with Crippen molar-refractivity contribution in [3.63, 3.8) is 0 Å². The molecule has 2 saturated heterocycles. The van der Waals surface area contributed by atoms with Gasteiger partial charge in [-0.25, -0.2) is 4.79 Å². The zero-order chi connectivity index (χ0) is 14.7. The molecule has 0 radical (unpaired) electrons. The molecule has 0 amide bonds. The van der Waals surface area contributed by atoms with Gasteiger partial charge in [0, 0.05) is 23.3 Å². The Morgan fingerprint density at radius 2 is 2.05 bits per heavy atom.